The van der Waals surface area contributed by atoms with Crippen molar-refractivity contribution >= 4 is 21.7 Å². The van der Waals surface area contributed by atoms with Crippen LogP contribution in [-0.2, 0) is 0 Å². The van der Waals surface area contributed by atoms with Gasteiger partial charge in [0, 0.05) is 5.56 Å². The molecule has 1 aliphatic rings. The first-order chi connectivity index (χ1) is 8.15. The van der Waals surface area contributed by atoms with E-state index in [0.29, 0.717) is 41.3 Å². The van der Waals surface area contributed by atoms with Crippen LogP contribution in [0.4, 0.5) is 0 Å². The molecule has 0 bridgehead atoms. The summed E-state index contributed by atoms with van der Waals surface area (Å²) < 4.78 is 11.7. The number of benzene rings is 1. The lowest BCUT2D eigenvalue weighted by atomic mass is 10.0. The SMILES string of the molecule is CNCC(=O)c1c(C)cc2c(c1Br)OCCO2. The minimum atomic E-state index is 0.0360. The van der Waals surface area contributed by atoms with E-state index in [1.807, 2.05) is 13.0 Å². The zero-order valence-corrected chi connectivity index (χ0v) is 11.4. The highest BCUT2D eigenvalue weighted by Crippen LogP contribution is 2.41. The predicted molar refractivity (Wildman–Crippen MR) is 68.1 cm³/mol. The molecule has 1 heterocycles. The number of halogens is 1. The molecule has 4 nitrogen and oxygen atoms in total. The molecule has 92 valence electrons. The monoisotopic (exact) mass is 299 g/mol. The van der Waals surface area contributed by atoms with Gasteiger partial charge >= 0.3 is 0 Å². The molecular formula is C12H14BrNO3. The summed E-state index contributed by atoms with van der Waals surface area (Å²) in [5.74, 6) is 1.36. The van der Waals surface area contributed by atoms with Gasteiger partial charge in [-0.1, -0.05) is 0 Å². The van der Waals surface area contributed by atoms with Crippen molar-refractivity contribution in [3.63, 3.8) is 0 Å². The van der Waals surface area contributed by atoms with Crippen LogP contribution in [0.3, 0.4) is 0 Å². The normalized spacial score (nSPS) is 13.6. The van der Waals surface area contributed by atoms with Crippen molar-refractivity contribution < 1.29 is 14.3 Å². The van der Waals surface area contributed by atoms with E-state index in [2.05, 4.69) is 21.2 Å². The maximum absolute atomic E-state index is 12.0. The molecule has 0 atom stereocenters. The third-order valence-electron chi connectivity index (χ3n) is 2.59. The van der Waals surface area contributed by atoms with Crippen molar-refractivity contribution in [3.8, 4) is 11.5 Å². The van der Waals surface area contributed by atoms with Gasteiger partial charge < -0.3 is 14.8 Å². The summed E-state index contributed by atoms with van der Waals surface area (Å²) in [6.45, 7) is 3.25. The minimum absolute atomic E-state index is 0.0360. The molecule has 0 spiro atoms. The number of rotatable bonds is 3. The van der Waals surface area contributed by atoms with Gasteiger partial charge in [0.15, 0.2) is 17.3 Å². The van der Waals surface area contributed by atoms with Crippen molar-refractivity contribution in [1.82, 2.24) is 5.32 Å². The summed E-state index contributed by atoms with van der Waals surface area (Å²) in [4.78, 5) is 12.0. The largest absolute Gasteiger partial charge is 0.486 e. The van der Waals surface area contributed by atoms with Crippen LogP contribution in [0.1, 0.15) is 15.9 Å². The van der Waals surface area contributed by atoms with Gasteiger partial charge in [-0.3, -0.25) is 4.79 Å². The summed E-state index contributed by atoms with van der Waals surface area (Å²) >= 11 is 3.43. The first kappa shape index (κ1) is 12.4. The van der Waals surface area contributed by atoms with Gasteiger partial charge in [-0.25, -0.2) is 0 Å². The molecule has 0 radical (unpaired) electrons. The van der Waals surface area contributed by atoms with Crippen LogP contribution >= 0.6 is 15.9 Å². The third-order valence-corrected chi connectivity index (χ3v) is 3.34. The third kappa shape index (κ3) is 2.30. The van der Waals surface area contributed by atoms with E-state index >= 15 is 0 Å². The number of hydrogen-bond acceptors (Lipinski definition) is 4. The van der Waals surface area contributed by atoms with E-state index in [1.165, 1.54) is 0 Å². The molecule has 0 aliphatic carbocycles. The molecular weight excluding hydrogens is 286 g/mol. The van der Waals surface area contributed by atoms with Gasteiger partial charge in [0.25, 0.3) is 0 Å². The van der Waals surface area contributed by atoms with Crippen LogP contribution < -0.4 is 14.8 Å². The highest BCUT2D eigenvalue weighted by Gasteiger charge is 2.23. The molecule has 0 amide bonds. The quantitative estimate of drug-likeness (QED) is 0.867. The molecule has 5 heteroatoms. The lowest BCUT2D eigenvalue weighted by Gasteiger charge is -2.22. The van der Waals surface area contributed by atoms with E-state index < -0.39 is 0 Å². The second-order valence-corrected chi connectivity index (χ2v) is 4.65. The molecule has 1 aliphatic heterocycles. The van der Waals surface area contributed by atoms with Crippen molar-refractivity contribution in [2.24, 2.45) is 0 Å². The van der Waals surface area contributed by atoms with Crippen LogP contribution in [0.2, 0.25) is 0 Å². The highest BCUT2D eigenvalue weighted by atomic mass is 79.9. The van der Waals surface area contributed by atoms with Gasteiger partial charge in [-0.15, -0.1) is 0 Å². The zero-order valence-electron chi connectivity index (χ0n) is 9.80. The molecule has 0 saturated carbocycles. The molecule has 0 saturated heterocycles. The van der Waals surface area contributed by atoms with E-state index in [1.54, 1.807) is 7.05 Å². The Hall–Kier alpha value is -1.07. The Balaban J connectivity index is 2.49. The summed E-state index contributed by atoms with van der Waals surface area (Å²) in [6.07, 6.45) is 0. The Bertz CT molecular complexity index is 460. The first-order valence-corrected chi connectivity index (χ1v) is 6.21. The second-order valence-electron chi connectivity index (χ2n) is 3.86. The summed E-state index contributed by atoms with van der Waals surface area (Å²) in [7, 11) is 1.75. The van der Waals surface area contributed by atoms with Gasteiger partial charge in [0.05, 0.1) is 11.0 Å². The van der Waals surface area contributed by atoms with Crippen LogP contribution in [-0.4, -0.2) is 32.6 Å². The number of carbonyl (C=O) groups is 1. The topological polar surface area (TPSA) is 47.6 Å². The van der Waals surface area contributed by atoms with Crippen molar-refractivity contribution in [2.45, 2.75) is 6.92 Å². The van der Waals surface area contributed by atoms with Gasteiger partial charge in [-0.2, -0.15) is 0 Å². The smallest absolute Gasteiger partial charge is 0.178 e. The van der Waals surface area contributed by atoms with Crippen LogP contribution in [0.5, 0.6) is 11.5 Å². The number of ether oxygens (including phenoxy) is 2. The first-order valence-electron chi connectivity index (χ1n) is 5.41. The van der Waals surface area contributed by atoms with Crippen molar-refractivity contribution in [2.75, 3.05) is 26.8 Å². The summed E-state index contributed by atoms with van der Waals surface area (Å²) in [6, 6.07) is 1.85. The maximum Gasteiger partial charge on any atom is 0.178 e. The van der Waals surface area contributed by atoms with Gasteiger partial charge in [0.2, 0.25) is 0 Å². The van der Waals surface area contributed by atoms with Crippen molar-refractivity contribution in [1.29, 1.82) is 0 Å². The molecule has 17 heavy (non-hydrogen) atoms. The standard InChI is InChI=1S/C12H14BrNO3/c1-7-5-9-12(17-4-3-16-9)11(13)10(7)8(15)6-14-2/h5,14H,3-4,6H2,1-2H3. The fourth-order valence-corrected chi connectivity index (χ4v) is 2.70. The van der Waals surface area contributed by atoms with Gasteiger partial charge in [-0.05, 0) is 41.5 Å². The minimum Gasteiger partial charge on any atom is -0.486 e. The Kier molecular flexibility index (Phi) is 3.69. The molecule has 1 aromatic rings. The average Bonchev–Trinajstić information content (AvgIpc) is 2.29. The Morgan fingerprint density at radius 2 is 2.18 bits per heavy atom. The second kappa shape index (κ2) is 5.06. The van der Waals surface area contributed by atoms with Crippen molar-refractivity contribution in [3.05, 3.63) is 21.7 Å². The number of fused-ring (bicyclic) bond motifs is 1. The van der Waals surface area contributed by atoms with Gasteiger partial charge in [0.1, 0.15) is 13.2 Å². The molecule has 0 unspecified atom stereocenters. The predicted octanol–water partition coefficient (Wildman–Crippen LogP) is 1.93. The molecule has 0 fully saturated rings. The average molecular weight is 300 g/mol. The molecule has 2 rings (SSSR count). The number of carbonyl (C=O) groups excluding carboxylic acids is 1. The lowest BCUT2D eigenvalue weighted by Crippen LogP contribution is -2.21. The molecule has 1 N–H and O–H groups in total. The van der Waals surface area contributed by atoms with E-state index in [0.717, 1.165) is 5.56 Å². The molecule has 0 aromatic heterocycles. The maximum atomic E-state index is 12.0. The van der Waals surface area contributed by atoms with E-state index in [4.69, 9.17) is 9.47 Å². The van der Waals surface area contributed by atoms with Crippen LogP contribution in [0.25, 0.3) is 0 Å². The lowest BCUT2D eigenvalue weighted by molar-refractivity contribution is 0.0990. The zero-order chi connectivity index (χ0) is 12.4. The number of Topliss-reactive ketones (excluding diaryl/α,β-unsaturated/α-hetero) is 1. The number of likely N-dealkylation sites (N-methyl/N-ethyl adjacent to an activating group) is 1. The highest BCUT2D eigenvalue weighted by molar-refractivity contribution is 9.10. The molecule has 1 aromatic carbocycles. The summed E-state index contributed by atoms with van der Waals surface area (Å²) in [5, 5.41) is 2.86. The van der Waals surface area contributed by atoms with Crippen LogP contribution in [0, 0.1) is 6.92 Å². The Labute approximate surface area is 108 Å². The number of nitrogens with one attached hydrogen (secondary N) is 1. The fourth-order valence-electron chi connectivity index (χ4n) is 1.86. The summed E-state index contributed by atoms with van der Waals surface area (Å²) in [5.41, 5.74) is 1.55. The fraction of sp³-hybridized carbons (Fsp3) is 0.417. The van der Waals surface area contributed by atoms with E-state index in [-0.39, 0.29) is 5.78 Å². The van der Waals surface area contributed by atoms with E-state index in [9.17, 15) is 4.79 Å². The Morgan fingerprint density at radius 1 is 1.47 bits per heavy atom. The Morgan fingerprint density at radius 3 is 2.88 bits per heavy atom. The number of ketones is 1. The number of hydrogen-bond donors (Lipinski definition) is 1. The number of aryl methyl sites for hydroxylation is 1. The van der Waals surface area contributed by atoms with Crippen LogP contribution in [0.15, 0.2) is 10.5 Å².